The maximum atomic E-state index is 13.0. The summed E-state index contributed by atoms with van der Waals surface area (Å²) in [5.41, 5.74) is 1.14. The zero-order valence-electron chi connectivity index (χ0n) is 15.0. The number of hydrogen-bond acceptors (Lipinski definition) is 5. The number of carbonyl (C=O) groups is 3. The molecule has 9 heteroatoms. The van der Waals surface area contributed by atoms with E-state index in [1.807, 2.05) is 6.07 Å². The predicted molar refractivity (Wildman–Crippen MR) is 110 cm³/mol. The minimum atomic E-state index is -0.868. The van der Waals surface area contributed by atoms with E-state index in [4.69, 9.17) is 21.6 Å². The molecule has 0 aliphatic carbocycles. The molecule has 1 fully saturated rings. The fraction of sp³-hybridized carbons (Fsp3) is 0.100. The number of rotatable bonds is 4. The lowest BCUT2D eigenvalue weighted by Crippen LogP contribution is -2.54. The molecule has 7 nitrogen and oxygen atoms in total. The Morgan fingerprint density at radius 1 is 1.24 bits per heavy atom. The highest BCUT2D eigenvalue weighted by molar-refractivity contribution is 9.10. The normalized spacial score (nSPS) is 15.3. The van der Waals surface area contributed by atoms with Gasteiger partial charge >= 0.3 is 6.03 Å². The molecule has 0 saturated carbocycles. The monoisotopic (exact) mass is 473 g/mol. The van der Waals surface area contributed by atoms with Crippen LogP contribution in [0.1, 0.15) is 11.1 Å². The molecule has 1 heterocycles. The highest BCUT2D eigenvalue weighted by Crippen LogP contribution is 2.29. The SMILES string of the molecule is Cc1ccc(N2C(=O)NC(=O)/C(=C/c3cc(Br)ccc3OCC#N)C2=O)cc1Cl. The molecule has 0 atom stereocenters. The number of imide groups is 2. The van der Waals surface area contributed by atoms with Crippen molar-refractivity contribution >= 4 is 57.1 Å². The summed E-state index contributed by atoms with van der Waals surface area (Å²) in [5, 5.41) is 11.3. The van der Waals surface area contributed by atoms with E-state index in [9.17, 15) is 14.4 Å². The molecule has 1 aliphatic rings. The van der Waals surface area contributed by atoms with Crippen LogP contribution < -0.4 is 15.0 Å². The summed E-state index contributed by atoms with van der Waals surface area (Å²) >= 11 is 9.43. The van der Waals surface area contributed by atoms with Crippen molar-refractivity contribution in [1.29, 1.82) is 5.26 Å². The van der Waals surface area contributed by atoms with Crippen molar-refractivity contribution in [1.82, 2.24) is 5.32 Å². The lowest BCUT2D eigenvalue weighted by molar-refractivity contribution is -0.122. The van der Waals surface area contributed by atoms with Gasteiger partial charge in [0.15, 0.2) is 6.61 Å². The molecule has 0 spiro atoms. The van der Waals surface area contributed by atoms with E-state index < -0.39 is 17.8 Å². The van der Waals surface area contributed by atoms with Gasteiger partial charge in [0.2, 0.25) is 0 Å². The van der Waals surface area contributed by atoms with Gasteiger partial charge in [0.25, 0.3) is 11.8 Å². The number of nitriles is 1. The van der Waals surface area contributed by atoms with Crippen molar-refractivity contribution in [2.75, 3.05) is 11.5 Å². The Bertz CT molecular complexity index is 1110. The first-order valence-corrected chi connectivity index (χ1v) is 9.46. The highest BCUT2D eigenvalue weighted by atomic mass is 79.9. The number of barbiturate groups is 1. The molecule has 0 unspecified atom stereocenters. The standard InChI is InChI=1S/C20H13BrClN3O4/c1-11-2-4-14(10-16(11)22)25-19(27)15(18(26)24-20(25)28)9-12-8-13(21)3-5-17(12)29-7-6-23/h2-5,8-10H,7H2,1H3,(H,24,26,28)/b15-9-. The molecule has 3 rings (SSSR count). The van der Waals surface area contributed by atoms with E-state index in [-0.39, 0.29) is 17.9 Å². The number of ether oxygens (including phenoxy) is 1. The first-order valence-electron chi connectivity index (χ1n) is 8.28. The number of benzene rings is 2. The Balaban J connectivity index is 2.05. The van der Waals surface area contributed by atoms with Crippen LogP contribution in [-0.2, 0) is 9.59 Å². The fourth-order valence-corrected chi connectivity index (χ4v) is 3.20. The first kappa shape index (κ1) is 20.6. The van der Waals surface area contributed by atoms with Crippen LogP contribution >= 0.6 is 27.5 Å². The third-order valence-corrected chi connectivity index (χ3v) is 4.98. The lowest BCUT2D eigenvalue weighted by atomic mass is 10.1. The quantitative estimate of drug-likeness (QED) is 0.534. The van der Waals surface area contributed by atoms with Gasteiger partial charge in [-0.2, -0.15) is 5.26 Å². The number of nitrogens with zero attached hydrogens (tertiary/aromatic N) is 2. The molecule has 0 radical (unpaired) electrons. The van der Waals surface area contributed by atoms with E-state index in [1.165, 1.54) is 12.1 Å². The predicted octanol–water partition coefficient (Wildman–Crippen LogP) is 3.98. The summed E-state index contributed by atoms with van der Waals surface area (Å²) in [5.74, 6) is -1.32. The van der Waals surface area contributed by atoms with Crippen LogP contribution in [0.4, 0.5) is 10.5 Å². The van der Waals surface area contributed by atoms with Crippen LogP contribution in [0.5, 0.6) is 5.75 Å². The lowest BCUT2D eigenvalue weighted by Gasteiger charge is -2.26. The number of nitrogens with one attached hydrogen (secondary N) is 1. The molecule has 0 bridgehead atoms. The Hall–Kier alpha value is -3.15. The van der Waals surface area contributed by atoms with Crippen molar-refractivity contribution in [2.45, 2.75) is 6.92 Å². The second kappa shape index (κ2) is 8.47. The minimum Gasteiger partial charge on any atom is -0.478 e. The Morgan fingerprint density at radius 3 is 2.69 bits per heavy atom. The number of hydrogen-bond donors (Lipinski definition) is 1. The highest BCUT2D eigenvalue weighted by Gasteiger charge is 2.37. The second-order valence-electron chi connectivity index (χ2n) is 6.02. The van der Waals surface area contributed by atoms with E-state index >= 15 is 0 Å². The first-order chi connectivity index (χ1) is 13.8. The molecule has 1 aliphatic heterocycles. The number of urea groups is 1. The van der Waals surface area contributed by atoms with Gasteiger partial charge in [-0.3, -0.25) is 14.9 Å². The molecule has 1 N–H and O–H groups in total. The van der Waals surface area contributed by atoms with Crippen LogP contribution in [0, 0.1) is 18.3 Å². The van der Waals surface area contributed by atoms with Crippen LogP contribution in [-0.4, -0.2) is 24.5 Å². The van der Waals surface area contributed by atoms with Gasteiger partial charge in [0, 0.05) is 15.1 Å². The largest absolute Gasteiger partial charge is 0.478 e. The number of anilines is 1. The van der Waals surface area contributed by atoms with E-state index in [0.29, 0.717) is 20.8 Å². The summed E-state index contributed by atoms with van der Waals surface area (Å²) in [7, 11) is 0. The van der Waals surface area contributed by atoms with Gasteiger partial charge in [0.05, 0.1) is 5.69 Å². The van der Waals surface area contributed by atoms with Gasteiger partial charge in [-0.1, -0.05) is 33.6 Å². The van der Waals surface area contributed by atoms with Gasteiger partial charge in [-0.25, -0.2) is 9.69 Å². The van der Waals surface area contributed by atoms with Crippen LogP contribution in [0.3, 0.4) is 0 Å². The molecule has 0 aromatic heterocycles. The molecular formula is C20H13BrClN3O4. The Kier molecular flexibility index (Phi) is 6.01. The molecule has 4 amide bonds. The van der Waals surface area contributed by atoms with Crippen molar-refractivity contribution in [3.8, 4) is 11.8 Å². The van der Waals surface area contributed by atoms with Crippen molar-refractivity contribution < 1.29 is 19.1 Å². The van der Waals surface area contributed by atoms with E-state index in [1.54, 1.807) is 37.3 Å². The van der Waals surface area contributed by atoms with Gasteiger partial charge in [-0.05, 0) is 48.9 Å². The van der Waals surface area contributed by atoms with Crippen LogP contribution in [0.2, 0.25) is 5.02 Å². The smallest absolute Gasteiger partial charge is 0.335 e. The fourth-order valence-electron chi connectivity index (χ4n) is 2.64. The molecule has 2 aromatic rings. The molecule has 146 valence electrons. The van der Waals surface area contributed by atoms with Crippen LogP contribution in [0.25, 0.3) is 6.08 Å². The number of halogens is 2. The summed E-state index contributed by atoms with van der Waals surface area (Å²) in [4.78, 5) is 38.5. The zero-order chi connectivity index (χ0) is 21.1. The third-order valence-electron chi connectivity index (χ3n) is 4.08. The average molecular weight is 475 g/mol. The van der Waals surface area contributed by atoms with Crippen molar-refractivity contribution in [2.24, 2.45) is 0 Å². The topological polar surface area (TPSA) is 99.5 Å². The molecule has 1 saturated heterocycles. The van der Waals surface area contributed by atoms with Gasteiger partial charge in [0.1, 0.15) is 17.4 Å². The molecule has 2 aromatic carbocycles. The Labute approximate surface area is 179 Å². The Morgan fingerprint density at radius 2 is 2.00 bits per heavy atom. The van der Waals surface area contributed by atoms with Crippen LogP contribution in [0.15, 0.2) is 46.4 Å². The third kappa shape index (κ3) is 4.31. The van der Waals surface area contributed by atoms with Gasteiger partial charge in [-0.15, -0.1) is 0 Å². The second-order valence-corrected chi connectivity index (χ2v) is 7.34. The zero-order valence-corrected chi connectivity index (χ0v) is 17.4. The number of carbonyl (C=O) groups excluding carboxylic acids is 3. The van der Waals surface area contributed by atoms with Crippen molar-refractivity contribution in [3.05, 3.63) is 62.6 Å². The van der Waals surface area contributed by atoms with E-state index in [0.717, 1.165) is 10.5 Å². The summed E-state index contributed by atoms with van der Waals surface area (Å²) in [6, 6.07) is 10.6. The summed E-state index contributed by atoms with van der Waals surface area (Å²) < 4.78 is 6.02. The van der Waals surface area contributed by atoms with Gasteiger partial charge < -0.3 is 4.74 Å². The maximum Gasteiger partial charge on any atom is 0.335 e. The van der Waals surface area contributed by atoms with Crippen molar-refractivity contribution in [3.63, 3.8) is 0 Å². The summed E-state index contributed by atoms with van der Waals surface area (Å²) in [6.45, 7) is 1.58. The average Bonchev–Trinajstić information content (AvgIpc) is 2.67. The molecular weight excluding hydrogens is 462 g/mol. The van der Waals surface area contributed by atoms with E-state index in [2.05, 4.69) is 21.2 Å². The molecule has 29 heavy (non-hydrogen) atoms. The number of amides is 4. The number of aryl methyl sites for hydroxylation is 1. The maximum absolute atomic E-state index is 13.0. The minimum absolute atomic E-state index is 0.204. The summed E-state index contributed by atoms with van der Waals surface area (Å²) in [6.07, 6.45) is 1.31.